The fraction of sp³-hybridized carbons (Fsp3) is 0.0714. The summed E-state index contributed by atoms with van der Waals surface area (Å²) in [5.41, 5.74) is 4.51. The molecule has 0 unspecified atom stereocenters. The molecule has 0 amide bonds. The number of phenols is 1. The lowest BCUT2D eigenvalue weighted by molar-refractivity contribution is 0.468. The molecule has 0 heterocycles. The minimum absolute atomic E-state index is 0.156. The van der Waals surface area contributed by atoms with Gasteiger partial charge in [-0.15, -0.1) is 0 Å². The van der Waals surface area contributed by atoms with Gasteiger partial charge < -0.3 is 10.5 Å². The van der Waals surface area contributed by atoms with Crippen LogP contribution in [0, 0.1) is 0 Å². The summed E-state index contributed by atoms with van der Waals surface area (Å²) in [6.45, 7) is 0.426. The third-order valence-corrected chi connectivity index (χ3v) is 4.58. The monoisotopic (exact) mass is 450 g/mol. The van der Waals surface area contributed by atoms with Crippen LogP contribution in [-0.2, 0) is 6.54 Å². The molecule has 0 spiro atoms. The van der Waals surface area contributed by atoms with Crippen LogP contribution < -0.4 is 5.43 Å². The molecule has 0 aliphatic heterocycles. The highest BCUT2D eigenvalue weighted by Gasteiger charge is 2.05. The number of aromatic hydroxyl groups is 1. The Hall–Kier alpha value is -0.750. The Kier molecular flexibility index (Phi) is 5.93. The molecule has 0 aromatic heterocycles. The lowest BCUT2D eigenvalue weighted by Gasteiger charge is -2.06. The maximum absolute atomic E-state index is 9.63. The molecule has 0 fully saturated rings. The van der Waals surface area contributed by atoms with Gasteiger partial charge in [0.1, 0.15) is 5.75 Å². The predicted molar refractivity (Wildman–Crippen MR) is 94.4 cm³/mol. The minimum Gasteiger partial charge on any atom is -0.506 e. The smallest absolute Gasteiger partial charge is 0.143 e. The molecule has 2 aromatic rings. The standard InChI is InChI=1S/C14H10Br2Cl2N2O/c15-10-4-8(5-11(16)14(10)21)6-19-20-7-9-12(17)2-1-3-13(9)18/h1-6,20-21H,7H2/b19-6+. The molecule has 21 heavy (non-hydrogen) atoms. The molecule has 0 aliphatic carbocycles. The number of nitrogens with one attached hydrogen (secondary N) is 1. The second kappa shape index (κ2) is 7.49. The van der Waals surface area contributed by atoms with Crippen molar-refractivity contribution in [2.45, 2.75) is 6.54 Å². The van der Waals surface area contributed by atoms with Gasteiger partial charge in [-0.2, -0.15) is 5.10 Å². The van der Waals surface area contributed by atoms with Gasteiger partial charge in [0.05, 0.1) is 21.7 Å². The maximum atomic E-state index is 9.63. The van der Waals surface area contributed by atoms with E-state index in [1.165, 1.54) is 0 Å². The summed E-state index contributed by atoms with van der Waals surface area (Å²) < 4.78 is 1.18. The Labute approximate surface area is 149 Å². The number of hydrazone groups is 1. The van der Waals surface area contributed by atoms with Crippen molar-refractivity contribution in [2.24, 2.45) is 5.10 Å². The van der Waals surface area contributed by atoms with Gasteiger partial charge in [0.2, 0.25) is 0 Å². The zero-order valence-corrected chi connectivity index (χ0v) is 15.3. The van der Waals surface area contributed by atoms with Gasteiger partial charge in [-0.05, 0) is 61.7 Å². The summed E-state index contributed by atoms with van der Waals surface area (Å²) in [6, 6.07) is 8.87. The molecule has 0 atom stereocenters. The van der Waals surface area contributed by atoms with Crippen molar-refractivity contribution >= 4 is 61.3 Å². The summed E-state index contributed by atoms with van der Waals surface area (Å²) in [7, 11) is 0. The SMILES string of the molecule is Oc1c(Br)cc(/C=N/NCc2c(Cl)cccc2Cl)cc1Br. The Morgan fingerprint density at radius 2 is 1.71 bits per heavy atom. The Morgan fingerprint density at radius 1 is 1.14 bits per heavy atom. The van der Waals surface area contributed by atoms with E-state index in [4.69, 9.17) is 23.2 Å². The molecule has 2 N–H and O–H groups in total. The molecule has 3 nitrogen and oxygen atoms in total. The van der Waals surface area contributed by atoms with Crippen molar-refractivity contribution < 1.29 is 5.11 Å². The minimum atomic E-state index is 0.156. The number of rotatable bonds is 4. The average Bonchev–Trinajstić information content (AvgIpc) is 2.43. The van der Waals surface area contributed by atoms with Crippen LogP contribution in [-0.4, -0.2) is 11.3 Å². The topological polar surface area (TPSA) is 44.6 Å². The quantitative estimate of drug-likeness (QED) is 0.485. The maximum Gasteiger partial charge on any atom is 0.143 e. The molecule has 2 rings (SSSR count). The zero-order chi connectivity index (χ0) is 15.4. The highest BCUT2D eigenvalue weighted by molar-refractivity contribution is 9.11. The van der Waals surface area contributed by atoms with E-state index in [-0.39, 0.29) is 5.75 Å². The van der Waals surface area contributed by atoms with Crippen molar-refractivity contribution in [1.29, 1.82) is 0 Å². The molecule has 0 radical (unpaired) electrons. The van der Waals surface area contributed by atoms with E-state index in [0.717, 1.165) is 11.1 Å². The first-order valence-corrected chi connectivity index (χ1v) is 8.20. The molecule has 2 aromatic carbocycles. The Balaban J connectivity index is 2.03. The normalized spacial score (nSPS) is 11.0. The van der Waals surface area contributed by atoms with E-state index in [0.29, 0.717) is 25.5 Å². The fourth-order valence-corrected chi connectivity index (χ4v) is 3.36. The summed E-state index contributed by atoms with van der Waals surface area (Å²) in [5, 5.41) is 14.9. The van der Waals surface area contributed by atoms with Gasteiger partial charge in [0, 0.05) is 15.6 Å². The van der Waals surface area contributed by atoms with Crippen LogP contribution in [0.3, 0.4) is 0 Å². The second-order valence-corrected chi connectivity index (χ2v) is 6.65. The van der Waals surface area contributed by atoms with Gasteiger partial charge in [-0.1, -0.05) is 29.3 Å². The number of hydrogen-bond donors (Lipinski definition) is 2. The van der Waals surface area contributed by atoms with Crippen LogP contribution in [0.4, 0.5) is 0 Å². The molecule has 0 saturated carbocycles. The summed E-state index contributed by atoms with van der Waals surface area (Å²) in [5.74, 6) is 0.156. The van der Waals surface area contributed by atoms with Crippen molar-refractivity contribution in [3.63, 3.8) is 0 Å². The van der Waals surface area contributed by atoms with Gasteiger partial charge in [0.25, 0.3) is 0 Å². The predicted octanol–water partition coefficient (Wildman–Crippen LogP) is 5.35. The Morgan fingerprint density at radius 3 is 2.29 bits per heavy atom. The van der Waals surface area contributed by atoms with Gasteiger partial charge in [-0.3, -0.25) is 0 Å². The van der Waals surface area contributed by atoms with E-state index >= 15 is 0 Å². The second-order valence-electron chi connectivity index (χ2n) is 4.13. The number of halogens is 4. The first-order chi connectivity index (χ1) is 9.99. The van der Waals surface area contributed by atoms with Crippen LogP contribution in [0.1, 0.15) is 11.1 Å². The lowest BCUT2D eigenvalue weighted by atomic mass is 10.2. The van der Waals surface area contributed by atoms with Crippen molar-refractivity contribution in [3.05, 3.63) is 60.4 Å². The molecule has 110 valence electrons. The van der Waals surface area contributed by atoms with Crippen molar-refractivity contribution in [2.75, 3.05) is 0 Å². The van der Waals surface area contributed by atoms with Crippen LogP contribution in [0.5, 0.6) is 5.75 Å². The third-order valence-electron chi connectivity index (χ3n) is 2.66. The molecule has 0 bridgehead atoms. The highest BCUT2D eigenvalue weighted by atomic mass is 79.9. The summed E-state index contributed by atoms with van der Waals surface area (Å²) in [4.78, 5) is 0. The highest BCUT2D eigenvalue weighted by Crippen LogP contribution is 2.32. The molecular formula is C14H10Br2Cl2N2O. The summed E-state index contributed by atoms with van der Waals surface area (Å²) in [6.07, 6.45) is 1.64. The number of nitrogens with zero attached hydrogens (tertiary/aromatic N) is 1. The van der Waals surface area contributed by atoms with Crippen LogP contribution in [0.2, 0.25) is 10.0 Å². The number of phenolic OH excluding ortho intramolecular Hbond substituents is 1. The van der Waals surface area contributed by atoms with Crippen molar-refractivity contribution in [1.82, 2.24) is 5.43 Å². The van der Waals surface area contributed by atoms with E-state index in [9.17, 15) is 5.11 Å². The van der Waals surface area contributed by atoms with Gasteiger partial charge >= 0.3 is 0 Å². The first-order valence-electron chi connectivity index (χ1n) is 5.86. The summed E-state index contributed by atoms with van der Waals surface area (Å²) >= 11 is 18.7. The molecule has 0 aliphatic rings. The number of benzene rings is 2. The zero-order valence-electron chi connectivity index (χ0n) is 10.6. The van der Waals surface area contributed by atoms with Gasteiger partial charge in [-0.25, -0.2) is 0 Å². The number of hydrogen-bond acceptors (Lipinski definition) is 3. The van der Waals surface area contributed by atoms with Crippen LogP contribution in [0.25, 0.3) is 0 Å². The largest absolute Gasteiger partial charge is 0.506 e. The molecular weight excluding hydrogens is 443 g/mol. The van der Waals surface area contributed by atoms with Crippen LogP contribution >= 0.6 is 55.1 Å². The molecule has 7 heteroatoms. The molecule has 0 saturated heterocycles. The van der Waals surface area contributed by atoms with E-state index < -0.39 is 0 Å². The Bertz CT molecular complexity index is 649. The van der Waals surface area contributed by atoms with Gasteiger partial charge in [0.15, 0.2) is 0 Å². The van der Waals surface area contributed by atoms with E-state index in [1.807, 2.05) is 0 Å². The van der Waals surface area contributed by atoms with E-state index in [2.05, 4.69) is 42.4 Å². The fourth-order valence-electron chi connectivity index (χ4n) is 1.61. The van der Waals surface area contributed by atoms with Crippen LogP contribution in [0.15, 0.2) is 44.4 Å². The van der Waals surface area contributed by atoms with Crippen molar-refractivity contribution in [3.8, 4) is 5.75 Å². The first kappa shape index (κ1) is 16.6. The lowest BCUT2D eigenvalue weighted by Crippen LogP contribution is -2.06. The average molecular weight is 453 g/mol. The third kappa shape index (κ3) is 4.36. The van der Waals surface area contributed by atoms with E-state index in [1.54, 1.807) is 36.5 Å².